The number of hydrogen-bond acceptors (Lipinski definition) is 6. The molecule has 0 N–H and O–H groups in total. The van der Waals surface area contributed by atoms with E-state index in [9.17, 15) is 14.4 Å². The predicted molar refractivity (Wildman–Crippen MR) is 358 cm³/mol. The summed E-state index contributed by atoms with van der Waals surface area (Å²) in [6.07, 6.45) is 91.1. The molecule has 0 rings (SSSR count). The Hall–Kier alpha value is -2.89. The summed E-state index contributed by atoms with van der Waals surface area (Å²) in [6, 6.07) is 0. The van der Waals surface area contributed by atoms with E-state index in [4.69, 9.17) is 14.2 Å². The molecule has 0 bridgehead atoms. The van der Waals surface area contributed by atoms with Crippen LogP contribution >= 0.6 is 0 Å². The number of unbranched alkanes of at least 4 members (excludes halogenated alkanes) is 46. The van der Waals surface area contributed by atoms with Gasteiger partial charge in [-0.1, -0.05) is 345 Å². The van der Waals surface area contributed by atoms with E-state index in [1.807, 2.05) is 0 Å². The van der Waals surface area contributed by atoms with Crippen molar-refractivity contribution in [2.45, 2.75) is 393 Å². The molecule has 0 fully saturated rings. The van der Waals surface area contributed by atoms with Crippen LogP contribution < -0.4 is 0 Å². The standard InChI is InChI=1S/C76H138O6/c1-4-7-10-13-16-19-22-25-28-30-32-34-36-38-40-41-43-45-48-51-54-57-60-63-66-69-75(78)81-72-73(71-80-74(77)68-65-62-59-56-53-50-47-27-24-21-18-15-12-9-6-3)82-76(79)70-67-64-61-58-55-52-49-46-44-42-39-37-35-33-31-29-26-23-20-17-14-11-8-5-2/h9,12,18,21-22,25,27,30,32,47,73H,4-8,10-11,13-17,19-20,23-24,26,28-29,31,33-46,48-72H2,1-3H3/b12-9-,21-18-,25-22-,32-30-,47-27-. The first-order valence-corrected chi connectivity index (χ1v) is 36.3. The predicted octanol–water partition coefficient (Wildman–Crippen LogP) is 25.1. The Balaban J connectivity index is 4.28. The molecule has 0 aliphatic rings. The van der Waals surface area contributed by atoms with Crippen LogP contribution in [0.25, 0.3) is 0 Å². The summed E-state index contributed by atoms with van der Waals surface area (Å²) in [4.78, 5) is 38.5. The average Bonchev–Trinajstić information content (AvgIpc) is 3.48. The highest BCUT2D eigenvalue weighted by molar-refractivity contribution is 5.71. The zero-order valence-electron chi connectivity index (χ0n) is 55.0. The van der Waals surface area contributed by atoms with Gasteiger partial charge in [-0.15, -0.1) is 0 Å². The molecular formula is C76H138O6. The molecule has 1 atom stereocenters. The van der Waals surface area contributed by atoms with Crippen LogP contribution in [0.2, 0.25) is 0 Å². The topological polar surface area (TPSA) is 78.9 Å². The Labute approximate surface area is 510 Å². The van der Waals surface area contributed by atoms with Crippen molar-refractivity contribution in [3.05, 3.63) is 60.8 Å². The largest absolute Gasteiger partial charge is 0.462 e. The van der Waals surface area contributed by atoms with E-state index in [-0.39, 0.29) is 31.1 Å². The molecule has 0 spiro atoms. The van der Waals surface area contributed by atoms with Crippen molar-refractivity contribution < 1.29 is 28.6 Å². The van der Waals surface area contributed by atoms with Crippen molar-refractivity contribution in [1.82, 2.24) is 0 Å². The van der Waals surface area contributed by atoms with Crippen LogP contribution in [0.15, 0.2) is 60.8 Å². The molecule has 0 aromatic rings. The van der Waals surface area contributed by atoms with Gasteiger partial charge in [0, 0.05) is 19.3 Å². The maximum Gasteiger partial charge on any atom is 0.306 e. The number of hydrogen-bond donors (Lipinski definition) is 0. The number of allylic oxidation sites excluding steroid dienone is 10. The number of carbonyl (C=O) groups excluding carboxylic acids is 3. The third-order valence-corrected chi connectivity index (χ3v) is 16.3. The van der Waals surface area contributed by atoms with Crippen LogP contribution in [0.5, 0.6) is 0 Å². The Morgan fingerprint density at radius 1 is 0.256 bits per heavy atom. The van der Waals surface area contributed by atoms with E-state index < -0.39 is 6.10 Å². The van der Waals surface area contributed by atoms with Crippen LogP contribution in [0.3, 0.4) is 0 Å². The fraction of sp³-hybridized carbons (Fsp3) is 0.829. The minimum atomic E-state index is -0.782. The summed E-state index contributed by atoms with van der Waals surface area (Å²) >= 11 is 0. The molecule has 0 heterocycles. The molecule has 0 aromatic heterocycles. The first-order valence-electron chi connectivity index (χ1n) is 36.3. The van der Waals surface area contributed by atoms with Gasteiger partial charge in [-0.2, -0.15) is 0 Å². The van der Waals surface area contributed by atoms with Crippen LogP contribution in [-0.2, 0) is 28.6 Å². The average molecular weight is 1150 g/mol. The van der Waals surface area contributed by atoms with Gasteiger partial charge in [-0.3, -0.25) is 14.4 Å². The Bertz CT molecular complexity index is 1460. The number of ether oxygens (including phenoxy) is 3. The van der Waals surface area contributed by atoms with E-state index in [2.05, 4.69) is 81.5 Å². The molecular weight excluding hydrogens is 1010 g/mol. The Morgan fingerprint density at radius 2 is 0.476 bits per heavy atom. The molecule has 0 radical (unpaired) electrons. The van der Waals surface area contributed by atoms with Crippen molar-refractivity contribution >= 4 is 17.9 Å². The highest BCUT2D eigenvalue weighted by atomic mass is 16.6. The van der Waals surface area contributed by atoms with Crippen LogP contribution in [0.4, 0.5) is 0 Å². The van der Waals surface area contributed by atoms with E-state index in [0.29, 0.717) is 19.3 Å². The molecule has 0 aromatic carbocycles. The molecule has 6 nitrogen and oxygen atoms in total. The maximum absolute atomic E-state index is 13.0. The van der Waals surface area contributed by atoms with Crippen molar-refractivity contribution in [1.29, 1.82) is 0 Å². The highest BCUT2D eigenvalue weighted by Crippen LogP contribution is 2.18. The zero-order chi connectivity index (χ0) is 59.2. The summed E-state index contributed by atoms with van der Waals surface area (Å²) in [6.45, 7) is 6.57. The SMILES string of the molecule is CC/C=C\C/C=C\C/C=C\CCCCCCCC(=O)OCC(COC(=O)CCCCCCCCCCCCCCC/C=C\C/C=C\CCCCCCC)OC(=O)CCCCCCCCCCCCCCCCCCCCCCCCCC. The summed E-state index contributed by atoms with van der Waals surface area (Å²) < 4.78 is 17.0. The van der Waals surface area contributed by atoms with Gasteiger partial charge in [0.05, 0.1) is 0 Å². The lowest BCUT2D eigenvalue weighted by Crippen LogP contribution is -2.30. The van der Waals surface area contributed by atoms with Gasteiger partial charge in [0.2, 0.25) is 0 Å². The lowest BCUT2D eigenvalue weighted by Gasteiger charge is -2.18. The first-order chi connectivity index (χ1) is 40.5. The molecule has 0 amide bonds. The van der Waals surface area contributed by atoms with Gasteiger partial charge in [0.1, 0.15) is 13.2 Å². The van der Waals surface area contributed by atoms with E-state index in [1.165, 1.54) is 244 Å². The van der Waals surface area contributed by atoms with Crippen LogP contribution in [0.1, 0.15) is 387 Å². The molecule has 0 saturated heterocycles. The van der Waals surface area contributed by atoms with E-state index in [0.717, 1.165) is 103 Å². The smallest absolute Gasteiger partial charge is 0.306 e. The van der Waals surface area contributed by atoms with Crippen LogP contribution in [-0.4, -0.2) is 37.2 Å². The Morgan fingerprint density at radius 3 is 0.744 bits per heavy atom. The summed E-state index contributed by atoms with van der Waals surface area (Å²) in [5, 5.41) is 0. The normalized spacial score (nSPS) is 12.4. The summed E-state index contributed by atoms with van der Waals surface area (Å²) in [7, 11) is 0. The third kappa shape index (κ3) is 67.9. The fourth-order valence-corrected chi connectivity index (χ4v) is 10.8. The van der Waals surface area contributed by atoms with E-state index >= 15 is 0 Å². The third-order valence-electron chi connectivity index (χ3n) is 16.3. The van der Waals surface area contributed by atoms with Gasteiger partial charge in [-0.25, -0.2) is 0 Å². The molecule has 0 aliphatic heterocycles. The molecule has 82 heavy (non-hydrogen) atoms. The van der Waals surface area contributed by atoms with Gasteiger partial charge in [0.25, 0.3) is 0 Å². The van der Waals surface area contributed by atoms with Gasteiger partial charge < -0.3 is 14.2 Å². The Kier molecular flexibility index (Phi) is 68.1. The maximum atomic E-state index is 13.0. The first kappa shape index (κ1) is 79.1. The second kappa shape index (κ2) is 70.6. The van der Waals surface area contributed by atoms with Gasteiger partial charge in [0.15, 0.2) is 6.10 Å². The van der Waals surface area contributed by atoms with Gasteiger partial charge in [-0.05, 0) is 83.5 Å². The second-order valence-corrected chi connectivity index (χ2v) is 24.5. The lowest BCUT2D eigenvalue weighted by molar-refractivity contribution is -0.167. The summed E-state index contributed by atoms with van der Waals surface area (Å²) in [5.41, 5.74) is 0. The molecule has 0 aliphatic carbocycles. The van der Waals surface area contributed by atoms with Crippen LogP contribution in [0, 0.1) is 0 Å². The monoisotopic (exact) mass is 1150 g/mol. The highest BCUT2D eigenvalue weighted by Gasteiger charge is 2.19. The van der Waals surface area contributed by atoms with Crippen molar-refractivity contribution in [2.75, 3.05) is 13.2 Å². The van der Waals surface area contributed by atoms with Crippen molar-refractivity contribution in [2.24, 2.45) is 0 Å². The quantitative estimate of drug-likeness (QED) is 0.0261. The number of rotatable bonds is 67. The number of esters is 3. The second-order valence-electron chi connectivity index (χ2n) is 24.5. The molecule has 478 valence electrons. The molecule has 6 heteroatoms. The molecule has 1 unspecified atom stereocenters. The van der Waals surface area contributed by atoms with Crippen molar-refractivity contribution in [3.63, 3.8) is 0 Å². The van der Waals surface area contributed by atoms with E-state index in [1.54, 1.807) is 0 Å². The zero-order valence-corrected chi connectivity index (χ0v) is 55.0. The number of carbonyl (C=O) groups is 3. The minimum absolute atomic E-state index is 0.0763. The molecule has 0 saturated carbocycles. The summed E-state index contributed by atoms with van der Waals surface area (Å²) in [5.74, 6) is -0.868. The minimum Gasteiger partial charge on any atom is -0.462 e. The van der Waals surface area contributed by atoms with Crippen molar-refractivity contribution in [3.8, 4) is 0 Å². The van der Waals surface area contributed by atoms with Gasteiger partial charge >= 0.3 is 17.9 Å². The fourth-order valence-electron chi connectivity index (χ4n) is 10.8. The lowest BCUT2D eigenvalue weighted by atomic mass is 10.0.